The van der Waals surface area contributed by atoms with Crippen molar-refractivity contribution in [2.45, 2.75) is 92.3 Å². The molecule has 1 saturated carbocycles. The molecule has 12 N–H and O–H groups in total. The van der Waals surface area contributed by atoms with Crippen LogP contribution in [0.5, 0.6) is 0 Å². The Kier molecular flexibility index (Phi) is 9.27. The molecule has 14 heteroatoms. The van der Waals surface area contributed by atoms with Crippen LogP contribution >= 0.6 is 0 Å². The monoisotopic (exact) mass is 511 g/mol. The van der Waals surface area contributed by atoms with Crippen LogP contribution in [0.25, 0.3) is 0 Å². The van der Waals surface area contributed by atoms with Gasteiger partial charge in [0.1, 0.15) is 48.3 Å². The van der Waals surface area contributed by atoms with E-state index in [0.29, 0.717) is 0 Å². The Morgan fingerprint density at radius 1 is 0.943 bits per heavy atom. The standard InChI is InChI=1S/C21H37NO13/c1-21(33)19(32)15(29)11(6-25)34-20(21)35-18-8(5-24)3-10(14(28)17(18)31)22-9-2-7(4-23)12(26)16(30)13(9)27/h2,8-20,22-33H,3-6H2,1H3/t8-,9+,10+,11?,12-,13+,14+,15-,16+,17-,18-,19?,20+,21+/m1/s1. The Morgan fingerprint density at radius 2 is 1.60 bits per heavy atom. The van der Waals surface area contributed by atoms with Crippen LogP contribution in [0.4, 0.5) is 0 Å². The van der Waals surface area contributed by atoms with Crippen molar-refractivity contribution in [3.63, 3.8) is 0 Å². The van der Waals surface area contributed by atoms with Gasteiger partial charge in [-0.1, -0.05) is 6.08 Å². The molecular formula is C21H37NO13. The summed E-state index contributed by atoms with van der Waals surface area (Å²) in [5.74, 6) is -0.848. The van der Waals surface area contributed by atoms with E-state index in [2.05, 4.69) is 5.32 Å². The molecule has 0 spiro atoms. The summed E-state index contributed by atoms with van der Waals surface area (Å²) in [5, 5.41) is 114. The molecule has 2 aliphatic carbocycles. The first kappa shape index (κ1) is 28.7. The summed E-state index contributed by atoms with van der Waals surface area (Å²) >= 11 is 0. The lowest BCUT2D eigenvalue weighted by Gasteiger charge is -2.50. The minimum Gasteiger partial charge on any atom is -0.396 e. The molecule has 0 aromatic rings. The Morgan fingerprint density at radius 3 is 2.17 bits per heavy atom. The summed E-state index contributed by atoms with van der Waals surface area (Å²) in [4.78, 5) is 0. The van der Waals surface area contributed by atoms with Crippen LogP contribution in [-0.2, 0) is 9.47 Å². The highest BCUT2D eigenvalue weighted by Gasteiger charge is 2.55. The molecule has 0 aromatic heterocycles. The molecule has 14 nitrogen and oxygen atoms in total. The summed E-state index contributed by atoms with van der Waals surface area (Å²) in [6.07, 6.45) is -14.1. The second-order valence-corrected chi connectivity index (χ2v) is 9.74. The molecule has 0 aromatic carbocycles. The van der Waals surface area contributed by atoms with Gasteiger partial charge in [-0.15, -0.1) is 0 Å². The first-order valence-corrected chi connectivity index (χ1v) is 11.5. The topological polar surface area (TPSA) is 253 Å². The van der Waals surface area contributed by atoms with Crippen LogP contribution in [0.15, 0.2) is 11.6 Å². The smallest absolute Gasteiger partial charge is 0.189 e. The van der Waals surface area contributed by atoms with Gasteiger partial charge in [-0.3, -0.25) is 0 Å². The first-order valence-electron chi connectivity index (χ1n) is 11.5. The van der Waals surface area contributed by atoms with Gasteiger partial charge in [0.05, 0.1) is 31.5 Å². The number of nitrogens with one attached hydrogen (secondary N) is 1. The molecule has 1 heterocycles. The molecule has 0 radical (unpaired) electrons. The third-order valence-electron chi connectivity index (χ3n) is 7.30. The minimum absolute atomic E-state index is 0.0208. The van der Waals surface area contributed by atoms with Crippen LogP contribution in [0.3, 0.4) is 0 Å². The molecule has 2 unspecified atom stereocenters. The van der Waals surface area contributed by atoms with E-state index >= 15 is 0 Å². The van der Waals surface area contributed by atoms with Gasteiger partial charge in [0.25, 0.3) is 0 Å². The van der Waals surface area contributed by atoms with Gasteiger partial charge in [-0.25, -0.2) is 0 Å². The van der Waals surface area contributed by atoms with Gasteiger partial charge in [0.15, 0.2) is 6.29 Å². The first-order chi connectivity index (χ1) is 16.4. The van der Waals surface area contributed by atoms with Gasteiger partial charge < -0.3 is 71.0 Å². The van der Waals surface area contributed by atoms with E-state index in [-0.39, 0.29) is 12.0 Å². The zero-order valence-corrected chi connectivity index (χ0v) is 19.1. The third-order valence-corrected chi connectivity index (χ3v) is 7.30. The van der Waals surface area contributed by atoms with Crippen molar-refractivity contribution in [2.24, 2.45) is 5.92 Å². The second kappa shape index (κ2) is 11.3. The van der Waals surface area contributed by atoms with E-state index in [9.17, 15) is 56.2 Å². The highest BCUT2D eigenvalue weighted by Crippen LogP contribution is 2.36. The number of ether oxygens (including phenoxy) is 2. The van der Waals surface area contributed by atoms with Gasteiger partial charge in [0.2, 0.25) is 0 Å². The molecule has 0 bridgehead atoms. The second-order valence-electron chi connectivity index (χ2n) is 9.74. The van der Waals surface area contributed by atoms with Crippen LogP contribution in [0.1, 0.15) is 13.3 Å². The molecule has 14 atom stereocenters. The maximum absolute atomic E-state index is 10.8. The van der Waals surface area contributed by atoms with Crippen molar-refractivity contribution in [1.82, 2.24) is 5.32 Å². The van der Waals surface area contributed by atoms with Crippen molar-refractivity contribution in [3.05, 3.63) is 11.6 Å². The minimum atomic E-state index is -2.17. The number of hydrogen-bond acceptors (Lipinski definition) is 14. The Labute approximate surface area is 201 Å². The molecule has 35 heavy (non-hydrogen) atoms. The molecular weight excluding hydrogens is 474 g/mol. The zero-order chi connectivity index (χ0) is 26.2. The zero-order valence-electron chi connectivity index (χ0n) is 19.1. The predicted molar refractivity (Wildman–Crippen MR) is 114 cm³/mol. The summed E-state index contributed by atoms with van der Waals surface area (Å²) in [7, 11) is 0. The third kappa shape index (κ3) is 5.42. The number of hydrogen-bond donors (Lipinski definition) is 12. The fraction of sp³-hybridized carbons (Fsp3) is 0.905. The predicted octanol–water partition coefficient (Wildman–Crippen LogP) is -6.36. The molecule has 3 aliphatic rings. The fourth-order valence-corrected chi connectivity index (χ4v) is 4.96. The SMILES string of the molecule is C[C@]1(O)C(O)[C@H](O)C(CO)O[C@H]1O[C@@H]1[C@@H](CO)C[C@H](N[C@H]2C=C(CO)[C@@H](O)[C@H](O)[C@H]2O)[C@H](O)[C@H]1O. The van der Waals surface area contributed by atoms with Crippen molar-refractivity contribution >= 4 is 0 Å². The van der Waals surface area contributed by atoms with E-state index in [4.69, 9.17) is 9.47 Å². The van der Waals surface area contributed by atoms with Crippen LogP contribution in [-0.4, -0.2) is 155 Å². The Hall–Kier alpha value is -0.820. The summed E-state index contributed by atoms with van der Waals surface area (Å²) in [5.41, 5.74) is -2.11. The lowest BCUT2D eigenvalue weighted by Crippen LogP contribution is -2.68. The van der Waals surface area contributed by atoms with E-state index < -0.39 is 105 Å². The van der Waals surface area contributed by atoms with Gasteiger partial charge in [-0.05, 0) is 18.9 Å². The molecule has 3 rings (SSSR count). The van der Waals surface area contributed by atoms with Crippen LogP contribution in [0.2, 0.25) is 0 Å². The molecule has 1 saturated heterocycles. The van der Waals surface area contributed by atoms with E-state index in [0.717, 1.165) is 6.92 Å². The maximum Gasteiger partial charge on any atom is 0.189 e. The lowest BCUT2D eigenvalue weighted by atomic mass is 9.78. The highest BCUT2D eigenvalue weighted by molar-refractivity contribution is 5.22. The van der Waals surface area contributed by atoms with Gasteiger partial charge in [-0.2, -0.15) is 0 Å². The van der Waals surface area contributed by atoms with Crippen molar-refractivity contribution in [3.8, 4) is 0 Å². The van der Waals surface area contributed by atoms with Crippen molar-refractivity contribution in [2.75, 3.05) is 19.8 Å². The average molecular weight is 512 g/mol. The van der Waals surface area contributed by atoms with Crippen molar-refractivity contribution in [1.29, 1.82) is 0 Å². The largest absolute Gasteiger partial charge is 0.396 e. The number of rotatable bonds is 7. The lowest BCUT2D eigenvalue weighted by molar-refractivity contribution is -0.358. The number of aliphatic hydroxyl groups excluding tert-OH is 10. The van der Waals surface area contributed by atoms with Crippen molar-refractivity contribution < 1.29 is 65.6 Å². The Balaban J connectivity index is 1.76. The molecule has 204 valence electrons. The van der Waals surface area contributed by atoms with Crippen LogP contribution in [0, 0.1) is 5.92 Å². The summed E-state index contributed by atoms with van der Waals surface area (Å²) in [6, 6.07) is -1.95. The maximum atomic E-state index is 10.8. The van der Waals surface area contributed by atoms with Gasteiger partial charge in [0, 0.05) is 18.6 Å². The molecule has 0 amide bonds. The van der Waals surface area contributed by atoms with Crippen LogP contribution < -0.4 is 5.32 Å². The normalized spacial score (nSPS) is 51.2. The summed E-state index contributed by atoms with van der Waals surface area (Å²) < 4.78 is 11.1. The molecule has 2 fully saturated rings. The Bertz CT molecular complexity index is 736. The number of aliphatic hydroxyl groups is 11. The molecule has 1 aliphatic heterocycles. The summed E-state index contributed by atoms with van der Waals surface area (Å²) in [6.45, 7) is -0.696. The van der Waals surface area contributed by atoms with E-state index in [1.54, 1.807) is 0 Å². The van der Waals surface area contributed by atoms with E-state index in [1.807, 2.05) is 0 Å². The van der Waals surface area contributed by atoms with Gasteiger partial charge >= 0.3 is 0 Å². The quantitative estimate of drug-likeness (QED) is 0.142. The fourth-order valence-electron chi connectivity index (χ4n) is 4.96. The average Bonchev–Trinajstić information content (AvgIpc) is 2.83. The highest BCUT2D eigenvalue weighted by atomic mass is 16.7. The van der Waals surface area contributed by atoms with E-state index in [1.165, 1.54) is 6.08 Å².